The van der Waals surface area contributed by atoms with E-state index in [0.717, 1.165) is 21.0 Å². The Morgan fingerprint density at radius 3 is 2.31 bits per heavy atom. The van der Waals surface area contributed by atoms with E-state index >= 15 is 0 Å². The minimum absolute atomic E-state index is 0.00196. The maximum atomic E-state index is 13.7. The lowest BCUT2D eigenvalue weighted by Gasteiger charge is -2.15. The Labute approximate surface area is 293 Å². The third kappa shape index (κ3) is 9.16. The molecule has 3 N–H and O–H groups in total. The van der Waals surface area contributed by atoms with Gasteiger partial charge in [-0.2, -0.15) is 0 Å². The SMILES string of the molecule is CCC(Sc1cccc(NC(=O)/C(=C\c2cc(OC)ccc2OC)NC(=O)c2ccccc2)c1)C(=O)Nc1nc(-c2ccccc2)c(C)s1. The predicted molar refractivity (Wildman–Crippen MR) is 197 cm³/mol. The van der Waals surface area contributed by atoms with Crippen LogP contribution in [0.1, 0.15) is 34.1 Å². The molecule has 0 saturated heterocycles. The van der Waals surface area contributed by atoms with Crippen LogP contribution in [0.3, 0.4) is 0 Å². The van der Waals surface area contributed by atoms with Crippen molar-refractivity contribution in [3.8, 4) is 22.8 Å². The molecule has 0 spiro atoms. The van der Waals surface area contributed by atoms with Gasteiger partial charge >= 0.3 is 0 Å². The first-order chi connectivity index (χ1) is 23.8. The molecule has 11 heteroatoms. The number of aromatic nitrogens is 1. The van der Waals surface area contributed by atoms with Gasteiger partial charge in [-0.05, 0) is 68.0 Å². The summed E-state index contributed by atoms with van der Waals surface area (Å²) < 4.78 is 10.9. The van der Waals surface area contributed by atoms with Crippen LogP contribution >= 0.6 is 23.1 Å². The predicted octanol–water partition coefficient (Wildman–Crippen LogP) is 8.05. The molecule has 0 fully saturated rings. The van der Waals surface area contributed by atoms with E-state index in [4.69, 9.17) is 9.47 Å². The molecule has 1 atom stereocenters. The standard InChI is InChI=1S/C38H36N4O5S2/c1-5-33(37(45)42-38-41-34(24(2)48-38)25-13-8-6-9-14-25)49-30-18-12-17-28(23-30)39-36(44)31(40-35(43)26-15-10-7-11-16-26)22-27-21-29(46-3)19-20-32(27)47-4/h6-23,33H,5H2,1-4H3,(H,39,44)(H,40,43)(H,41,42,45)/b31-22+. The molecule has 0 aliphatic carbocycles. The maximum absolute atomic E-state index is 13.7. The maximum Gasteiger partial charge on any atom is 0.272 e. The zero-order valence-corrected chi connectivity index (χ0v) is 29.1. The third-order valence-corrected chi connectivity index (χ3v) is 9.62. The summed E-state index contributed by atoms with van der Waals surface area (Å²) in [5, 5.41) is 8.78. The van der Waals surface area contributed by atoms with Crippen LogP contribution in [0.25, 0.3) is 17.3 Å². The van der Waals surface area contributed by atoms with Gasteiger partial charge in [0.05, 0.1) is 25.2 Å². The van der Waals surface area contributed by atoms with E-state index in [9.17, 15) is 14.4 Å². The van der Waals surface area contributed by atoms with E-state index in [2.05, 4.69) is 20.9 Å². The summed E-state index contributed by atoms with van der Waals surface area (Å²) in [6, 6.07) is 30.9. The molecule has 1 unspecified atom stereocenters. The van der Waals surface area contributed by atoms with Crippen LogP contribution in [-0.2, 0) is 9.59 Å². The molecule has 3 amide bonds. The second-order valence-electron chi connectivity index (χ2n) is 10.8. The Bertz CT molecular complexity index is 1960. The second-order valence-corrected chi connectivity index (χ2v) is 13.2. The summed E-state index contributed by atoms with van der Waals surface area (Å²) in [7, 11) is 3.06. The van der Waals surface area contributed by atoms with Gasteiger partial charge in [-0.25, -0.2) is 4.98 Å². The number of anilines is 2. The highest BCUT2D eigenvalue weighted by Crippen LogP contribution is 2.33. The number of aryl methyl sites for hydroxylation is 1. The van der Waals surface area contributed by atoms with Gasteiger partial charge in [0.15, 0.2) is 5.13 Å². The number of amides is 3. The molecular formula is C38H36N4O5S2. The summed E-state index contributed by atoms with van der Waals surface area (Å²) in [6.07, 6.45) is 2.11. The quantitative estimate of drug-likeness (QED) is 0.0844. The summed E-state index contributed by atoms with van der Waals surface area (Å²) in [5.41, 5.74) is 3.27. The van der Waals surface area contributed by atoms with Crippen LogP contribution in [0.15, 0.2) is 114 Å². The fourth-order valence-electron chi connectivity index (χ4n) is 4.88. The normalized spacial score (nSPS) is 11.7. The highest BCUT2D eigenvalue weighted by molar-refractivity contribution is 8.00. The Morgan fingerprint density at radius 1 is 0.878 bits per heavy atom. The van der Waals surface area contributed by atoms with Crippen LogP contribution in [0.5, 0.6) is 11.5 Å². The number of nitrogens with one attached hydrogen (secondary N) is 3. The van der Waals surface area contributed by atoms with Crippen LogP contribution < -0.4 is 25.4 Å². The molecule has 0 aliphatic rings. The highest BCUT2D eigenvalue weighted by atomic mass is 32.2. The van der Waals surface area contributed by atoms with Crippen molar-refractivity contribution in [3.05, 3.63) is 125 Å². The number of thiazole rings is 1. The van der Waals surface area contributed by atoms with Gasteiger partial charge in [-0.1, -0.05) is 61.5 Å². The van der Waals surface area contributed by atoms with Gasteiger partial charge in [-0.3, -0.25) is 14.4 Å². The third-order valence-electron chi connectivity index (χ3n) is 7.37. The number of hydrogen-bond acceptors (Lipinski definition) is 8. The highest BCUT2D eigenvalue weighted by Gasteiger charge is 2.21. The molecule has 9 nitrogen and oxygen atoms in total. The number of hydrogen-bond donors (Lipinski definition) is 3. The van der Waals surface area contributed by atoms with Crippen molar-refractivity contribution < 1.29 is 23.9 Å². The number of thioether (sulfide) groups is 1. The molecule has 0 aliphatic heterocycles. The lowest BCUT2D eigenvalue weighted by molar-refractivity contribution is -0.116. The molecule has 250 valence electrons. The zero-order chi connectivity index (χ0) is 34.8. The van der Waals surface area contributed by atoms with Gasteiger partial charge < -0.3 is 25.4 Å². The fraction of sp³-hybridized carbons (Fsp3) is 0.158. The van der Waals surface area contributed by atoms with Crippen molar-refractivity contribution in [2.75, 3.05) is 24.9 Å². The number of rotatable bonds is 13. The van der Waals surface area contributed by atoms with Gasteiger partial charge in [0.25, 0.3) is 11.8 Å². The summed E-state index contributed by atoms with van der Waals surface area (Å²) >= 11 is 2.83. The fourth-order valence-corrected chi connectivity index (χ4v) is 6.73. The Morgan fingerprint density at radius 2 is 1.61 bits per heavy atom. The molecule has 49 heavy (non-hydrogen) atoms. The molecule has 5 aromatic rings. The Hall–Kier alpha value is -5.39. The van der Waals surface area contributed by atoms with Crippen molar-refractivity contribution in [3.63, 3.8) is 0 Å². The molecule has 0 bridgehead atoms. The topological polar surface area (TPSA) is 119 Å². The number of methoxy groups -OCH3 is 2. The van der Waals surface area contributed by atoms with Gasteiger partial charge in [0.2, 0.25) is 5.91 Å². The minimum Gasteiger partial charge on any atom is -0.497 e. The zero-order valence-electron chi connectivity index (χ0n) is 27.5. The smallest absolute Gasteiger partial charge is 0.272 e. The number of carbonyl (C=O) groups is 3. The average molecular weight is 693 g/mol. The molecule has 4 aromatic carbocycles. The van der Waals surface area contributed by atoms with Crippen LogP contribution in [-0.4, -0.2) is 42.2 Å². The van der Waals surface area contributed by atoms with Crippen LogP contribution in [0, 0.1) is 6.92 Å². The van der Waals surface area contributed by atoms with Crippen LogP contribution in [0.4, 0.5) is 10.8 Å². The number of benzene rings is 4. The van der Waals surface area contributed by atoms with E-state index in [1.807, 2.05) is 50.2 Å². The van der Waals surface area contributed by atoms with Gasteiger partial charge in [-0.15, -0.1) is 23.1 Å². The molecule has 0 saturated carbocycles. The molecule has 0 radical (unpaired) electrons. The van der Waals surface area contributed by atoms with E-state index in [1.165, 1.54) is 36.3 Å². The summed E-state index contributed by atoms with van der Waals surface area (Å²) in [6.45, 7) is 3.94. The number of carbonyl (C=O) groups excluding carboxylic acids is 3. The van der Waals surface area contributed by atoms with Gasteiger partial charge in [0, 0.05) is 32.2 Å². The average Bonchev–Trinajstić information content (AvgIpc) is 3.50. The Balaban J connectivity index is 1.33. The van der Waals surface area contributed by atoms with E-state index < -0.39 is 17.1 Å². The van der Waals surface area contributed by atoms with Crippen molar-refractivity contribution in [1.82, 2.24) is 10.3 Å². The molecular weight excluding hydrogens is 657 g/mol. The first-order valence-corrected chi connectivity index (χ1v) is 17.2. The van der Waals surface area contributed by atoms with Gasteiger partial charge in [0.1, 0.15) is 17.2 Å². The second kappa shape index (κ2) is 16.6. The number of ether oxygens (including phenoxy) is 2. The van der Waals surface area contributed by atoms with Crippen LogP contribution in [0.2, 0.25) is 0 Å². The largest absolute Gasteiger partial charge is 0.497 e. The number of nitrogens with zero attached hydrogens (tertiary/aromatic N) is 1. The first kappa shape index (κ1) is 34.9. The molecule has 1 heterocycles. The first-order valence-electron chi connectivity index (χ1n) is 15.5. The molecule has 1 aromatic heterocycles. The van der Waals surface area contributed by atoms with E-state index in [1.54, 1.807) is 73.8 Å². The lowest BCUT2D eigenvalue weighted by atomic mass is 10.1. The monoisotopic (exact) mass is 692 g/mol. The summed E-state index contributed by atoms with van der Waals surface area (Å²) in [5.74, 6) is -0.101. The minimum atomic E-state index is -0.547. The summed E-state index contributed by atoms with van der Waals surface area (Å²) in [4.78, 5) is 46.7. The van der Waals surface area contributed by atoms with Crippen molar-refractivity contribution >= 4 is 57.7 Å². The van der Waals surface area contributed by atoms with E-state index in [-0.39, 0.29) is 11.6 Å². The van der Waals surface area contributed by atoms with Crippen molar-refractivity contribution in [2.45, 2.75) is 30.4 Å². The Kier molecular flexibility index (Phi) is 11.9. The van der Waals surface area contributed by atoms with Crippen molar-refractivity contribution in [1.29, 1.82) is 0 Å². The van der Waals surface area contributed by atoms with E-state index in [0.29, 0.717) is 39.9 Å². The lowest BCUT2D eigenvalue weighted by Crippen LogP contribution is -2.30. The molecule has 5 rings (SSSR count). The van der Waals surface area contributed by atoms with Crippen molar-refractivity contribution in [2.24, 2.45) is 0 Å².